The lowest BCUT2D eigenvalue weighted by Gasteiger charge is -2.27. The molecule has 102 valence electrons. The zero-order chi connectivity index (χ0) is 13.2. The topological polar surface area (TPSA) is 90.5 Å². The van der Waals surface area contributed by atoms with Crippen molar-refractivity contribution in [3.63, 3.8) is 0 Å². The SMILES string of the molecule is CN1CCOC(c2noc(-c3ccc(CN)o3)n2)C1. The molecule has 2 aromatic rings. The van der Waals surface area contributed by atoms with Gasteiger partial charge < -0.3 is 24.3 Å². The Morgan fingerprint density at radius 3 is 3.11 bits per heavy atom. The molecule has 0 amide bonds. The van der Waals surface area contributed by atoms with Gasteiger partial charge in [-0.2, -0.15) is 4.98 Å². The van der Waals surface area contributed by atoms with E-state index in [2.05, 4.69) is 15.0 Å². The van der Waals surface area contributed by atoms with Gasteiger partial charge >= 0.3 is 0 Å². The summed E-state index contributed by atoms with van der Waals surface area (Å²) in [6, 6.07) is 3.57. The first-order chi connectivity index (χ1) is 9.26. The molecule has 2 N–H and O–H groups in total. The van der Waals surface area contributed by atoms with Crippen LogP contribution in [0.2, 0.25) is 0 Å². The summed E-state index contributed by atoms with van der Waals surface area (Å²) in [5.74, 6) is 2.12. The lowest BCUT2D eigenvalue weighted by atomic mass is 10.3. The number of morpholine rings is 1. The van der Waals surface area contributed by atoms with Crippen molar-refractivity contribution in [2.24, 2.45) is 5.73 Å². The summed E-state index contributed by atoms with van der Waals surface area (Å²) in [4.78, 5) is 6.49. The fourth-order valence-electron chi connectivity index (χ4n) is 2.00. The maximum atomic E-state index is 5.63. The van der Waals surface area contributed by atoms with Gasteiger partial charge in [-0.15, -0.1) is 0 Å². The summed E-state index contributed by atoms with van der Waals surface area (Å²) >= 11 is 0. The van der Waals surface area contributed by atoms with Crippen molar-refractivity contribution < 1.29 is 13.7 Å². The number of furan rings is 1. The fraction of sp³-hybridized carbons (Fsp3) is 0.500. The third kappa shape index (κ3) is 2.53. The highest BCUT2D eigenvalue weighted by Gasteiger charge is 2.25. The predicted octanol–water partition coefficient (Wildman–Crippen LogP) is 0.791. The zero-order valence-electron chi connectivity index (χ0n) is 10.7. The van der Waals surface area contributed by atoms with Crippen LogP contribution in [-0.4, -0.2) is 41.8 Å². The lowest BCUT2D eigenvalue weighted by Crippen LogP contribution is -2.35. The van der Waals surface area contributed by atoms with Crippen LogP contribution in [0.4, 0.5) is 0 Å². The molecule has 0 radical (unpaired) electrons. The quantitative estimate of drug-likeness (QED) is 0.876. The van der Waals surface area contributed by atoms with E-state index in [4.69, 9.17) is 19.4 Å². The Kier molecular flexibility index (Phi) is 3.33. The predicted molar refractivity (Wildman–Crippen MR) is 66.1 cm³/mol. The van der Waals surface area contributed by atoms with E-state index < -0.39 is 0 Å². The first-order valence-corrected chi connectivity index (χ1v) is 6.19. The zero-order valence-corrected chi connectivity index (χ0v) is 10.7. The van der Waals surface area contributed by atoms with E-state index in [0.717, 1.165) is 13.1 Å². The van der Waals surface area contributed by atoms with Crippen molar-refractivity contribution in [3.05, 3.63) is 23.7 Å². The Balaban J connectivity index is 1.78. The molecule has 1 unspecified atom stereocenters. The molecule has 7 heteroatoms. The van der Waals surface area contributed by atoms with E-state index in [9.17, 15) is 0 Å². The van der Waals surface area contributed by atoms with E-state index in [0.29, 0.717) is 36.4 Å². The van der Waals surface area contributed by atoms with Gasteiger partial charge in [0.25, 0.3) is 5.89 Å². The summed E-state index contributed by atoms with van der Waals surface area (Å²) < 4.78 is 16.3. The molecule has 0 aliphatic carbocycles. The molecular weight excluding hydrogens is 248 g/mol. The van der Waals surface area contributed by atoms with Gasteiger partial charge in [-0.3, -0.25) is 0 Å². The van der Waals surface area contributed by atoms with E-state index in [-0.39, 0.29) is 6.10 Å². The van der Waals surface area contributed by atoms with Crippen LogP contribution in [0, 0.1) is 0 Å². The first-order valence-electron chi connectivity index (χ1n) is 6.19. The smallest absolute Gasteiger partial charge is 0.293 e. The Hall–Kier alpha value is -1.70. The molecule has 1 aliphatic heterocycles. The first kappa shape index (κ1) is 12.3. The van der Waals surface area contributed by atoms with Crippen LogP contribution in [0.1, 0.15) is 17.7 Å². The Bertz CT molecular complexity index is 551. The summed E-state index contributed by atoms with van der Waals surface area (Å²) in [7, 11) is 2.04. The summed E-state index contributed by atoms with van der Waals surface area (Å²) in [5.41, 5.74) is 5.49. The molecule has 19 heavy (non-hydrogen) atoms. The van der Waals surface area contributed by atoms with Crippen molar-refractivity contribution in [3.8, 4) is 11.7 Å². The van der Waals surface area contributed by atoms with Crippen molar-refractivity contribution in [2.45, 2.75) is 12.6 Å². The molecule has 1 aliphatic rings. The van der Waals surface area contributed by atoms with Crippen molar-refractivity contribution in [1.29, 1.82) is 0 Å². The second-order valence-electron chi connectivity index (χ2n) is 4.55. The van der Waals surface area contributed by atoms with Crippen LogP contribution in [0.5, 0.6) is 0 Å². The number of rotatable bonds is 3. The number of aromatic nitrogens is 2. The van der Waals surface area contributed by atoms with Crippen LogP contribution in [0.25, 0.3) is 11.7 Å². The minimum Gasteiger partial charge on any atom is -0.455 e. The molecule has 2 aromatic heterocycles. The molecule has 0 aromatic carbocycles. The van der Waals surface area contributed by atoms with Crippen LogP contribution < -0.4 is 5.73 Å². The third-order valence-corrected chi connectivity index (χ3v) is 3.07. The molecule has 0 bridgehead atoms. The minimum absolute atomic E-state index is 0.153. The van der Waals surface area contributed by atoms with Crippen LogP contribution >= 0.6 is 0 Å². The highest BCUT2D eigenvalue weighted by Crippen LogP contribution is 2.24. The molecule has 0 saturated carbocycles. The van der Waals surface area contributed by atoms with Crippen LogP contribution in [-0.2, 0) is 11.3 Å². The highest BCUT2D eigenvalue weighted by atomic mass is 16.5. The number of ether oxygens (including phenoxy) is 1. The van der Waals surface area contributed by atoms with Crippen molar-refractivity contribution >= 4 is 0 Å². The average Bonchev–Trinajstić information content (AvgIpc) is 3.07. The Labute approximate surface area is 110 Å². The van der Waals surface area contributed by atoms with E-state index in [1.165, 1.54) is 0 Å². The molecule has 7 nitrogen and oxygen atoms in total. The van der Waals surface area contributed by atoms with Gasteiger partial charge in [0, 0.05) is 13.1 Å². The van der Waals surface area contributed by atoms with Gasteiger partial charge in [-0.1, -0.05) is 5.16 Å². The molecule has 3 rings (SSSR count). The maximum Gasteiger partial charge on any atom is 0.293 e. The maximum absolute atomic E-state index is 5.63. The van der Waals surface area contributed by atoms with E-state index in [1.54, 1.807) is 12.1 Å². The van der Waals surface area contributed by atoms with Crippen LogP contribution in [0.15, 0.2) is 21.1 Å². The number of nitrogens with two attached hydrogens (primary N) is 1. The van der Waals surface area contributed by atoms with Crippen LogP contribution in [0.3, 0.4) is 0 Å². The Morgan fingerprint density at radius 2 is 2.37 bits per heavy atom. The van der Waals surface area contributed by atoms with Gasteiger partial charge in [0.15, 0.2) is 5.76 Å². The van der Waals surface area contributed by atoms with E-state index in [1.807, 2.05) is 7.05 Å². The molecule has 1 atom stereocenters. The van der Waals surface area contributed by atoms with Gasteiger partial charge in [0.2, 0.25) is 5.82 Å². The number of hydrogen-bond donors (Lipinski definition) is 1. The number of nitrogens with zero attached hydrogens (tertiary/aromatic N) is 3. The van der Waals surface area contributed by atoms with Gasteiger partial charge in [-0.25, -0.2) is 0 Å². The normalized spacial score (nSPS) is 20.8. The van der Waals surface area contributed by atoms with Crippen molar-refractivity contribution in [2.75, 3.05) is 26.7 Å². The van der Waals surface area contributed by atoms with Gasteiger partial charge in [-0.05, 0) is 19.2 Å². The second-order valence-corrected chi connectivity index (χ2v) is 4.55. The van der Waals surface area contributed by atoms with Crippen molar-refractivity contribution in [1.82, 2.24) is 15.0 Å². The standard InChI is InChI=1S/C12H16N4O3/c1-16-4-5-17-10(7-16)11-14-12(19-15-11)9-3-2-8(6-13)18-9/h2-3,10H,4-7,13H2,1H3. The van der Waals surface area contributed by atoms with Gasteiger partial charge in [0.1, 0.15) is 11.9 Å². The molecule has 1 fully saturated rings. The average molecular weight is 264 g/mol. The largest absolute Gasteiger partial charge is 0.455 e. The third-order valence-electron chi connectivity index (χ3n) is 3.07. The summed E-state index contributed by atoms with van der Waals surface area (Å²) in [6.07, 6.45) is -0.153. The molecule has 1 saturated heterocycles. The molecular formula is C12H16N4O3. The van der Waals surface area contributed by atoms with Gasteiger partial charge in [0.05, 0.1) is 13.2 Å². The van der Waals surface area contributed by atoms with E-state index >= 15 is 0 Å². The summed E-state index contributed by atoms with van der Waals surface area (Å²) in [5, 5.41) is 3.96. The number of hydrogen-bond acceptors (Lipinski definition) is 7. The monoisotopic (exact) mass is 264 g/mol. The highest BCUT2D eigenvalue weighted by molar-refractivity contribution is 5.44. The minimum atomic E-state index is -0.153. The lowest BCUT2D eigenvalue weighted by molar-refractivity contribution is -0.0264. The molecule has 3 heterocycles. The molecule has 0 spiro atoms. The Morgan fingerprint density at radius 1 is 1.47 bits per heavy atom. The second kappa shape index (κ2) is 5.12. The number of likely N-dealkylation sites (N-methyl/N-ethyl adjacent to an activating group) is 1. The summed E-state index contributed by atoms with van der Waals surface area (Å²) in [6.45, 7) is 2.69. The fourth-order valence-corrected chi connectivity index (χ4v) is 2.00.